The van der Waals surface area contributed by atoms with Crippen LogP contribution in [-0.4, -0.2) is 23.1 Å². The van der Waals surface area contributed by atoms with E-state index in [9.17, 15) is 0 Å². The summed E-state index contributed by atoms with van der Waals surface area (Å²) in [6.45, 7) is 2.95. The fraction of sp³-hybridized carbons (Fsp3) is 0.714. The fourth-order valence-electron chi connectivity index (χ4n) is 3.17. The highest BCUT2D eigenvalue weighted by atomic mass is 32.1. The molecule has 0 amide bonds. The zero-order valence-electron chi connectivity index (χ0n) is 11.3. The molecule has 0 unspecified atom stereocenters. The molecule has 5 heteroatoms. The summed E-state index contributed by atoms with van der Waals surface area (Å²) in [5.74, 6) is 1.83. The van der Waals surface area contributed by atoms with Gasteiger partial charge < -0.3 is 15.6 Å². The van der Waals surface area contributed by atoms with Gasteiger partial charge in [0.2, 0.25) is 0 Å². The van der Waals surface area contributed by atoms with Crippen molar-refractivity contribution in [3.05, 3.63) is 16.0 Å². The quantitative estimate of drug-likeness (QED) is 0.744. The van der Waals surface area contributed by atoms with Crippen molar-refractivity contribution in [3.63, 3.8) is 0 Å². The second-order valence-electron chi connectivity index (χ2n) is 5.66. The van der Waals surface area contributed by atoms with E-state index in [1.54, 1.807) is 0 Å². The van der Waals surface area contributed by atoms with Crippen molar-refractivity contribution in [1.82, 2.24) is 15.3 Å². The zero-order chi connectivity index (χ0) is 13.1. The number of aromatic amines is 1. The van der Waals surface area contributed by atoms with Gasteiger partial charge in [0.25, 0.3) is 0 Å². The molecule has 0 atom stereocenters. The maximum atomic E-state index is 5.22. The summed E-state index contributed by atoms with van der Waals surface area (Å²) in [4.78, 5) is 7.70. The average Bonchev–Trinajstić information content (AvgIpc) is 2.45. The molecule has 1 aromatic heterocycles. The van der Waals surface area contributed by atoms with Crippen molar-refractivity contribution in [2.45, 2.75) is 45.1 Å². The van der Waals surface area contributed by atoms with E-state index < -0.39 is 0 Å². The third kappa shape index (κ3) is 3.15. The second kappa shape index (κ2) is 6.01. The number of nitrogens with one attached hydrogen (secondary N) is 3. The van der Waals surface area contributed by atoms with Gasteiger partial charge in [-0.25, -0.2) is 4.98 Å². The first kappa shape index (κ1) is 13.1. The van der Waals surface area contributed by atoms with Crippen molar-refractivity contribution in [3.8, 4) is 0 Å². The molecule has 0 spiro atoms. The molecule has 2 aliphatic rings. The van der Waals surface area contributed by atoms with Crippen LogP contribution in [0.2, 0.25) is 0 Å². The Morgan fingerprint density at radius 3 is 2.95 bits per heavy atom. The van der Waals surface area contributed by atoms with Crippen LogP contribution in [-0.2, 0) is 13.0 Å². The monoisotopic (exact) mass is 278 g/mol. The van der Waals surface area contributed by atoms with Crippen molar-refractivity contribution in [2.75, 3.05) is 18.4 Å². The van der Waals surface area contributed by atoms with E-state index in [2.05, 4.69) is 20.6 Å². The van der Waals surface area contributed by atoms with E-state index in [1.165, 1.54) is 43.4 Å². The molecular weight excluding hydrogens is 256 g/mol. The average molecular weight is 278 g/mol. The molecule has 104 valence electrons. The van der Waals surface area contributed by atoms with Crippen LogP contribution in [0.3, 0.4) is 0 Å². The predicted molar refractivity (Wildman–Crippen MR) is 79.9 cm³/mol. The van der Waals surface area contributed by atoms with Gasteiger partial charge in [-0.15, -0.1) is 0 Å². The minimum atomic E-state index is 0.591. The van der Waals surface area contributed by atoms with Crippen molar-refractivity contribution < 1.29 is 0 Å². The Labute approximate surface area is 119 Å². The van der Waals surface area contributed by atoms with Gasteiger partial charge in [-0.1, -0.05) is 19.3 Å². The van der Waals surface area contributed by atoms with E-state index in [-0.39, 0.29) is 0 Å². The molecule has 0 radical (unpaired) electrons. The van der Waals surface area contributed by atoms with E-state index in [4.69, 9.17) is 12.2 Å². The van der Waals surface area contributed by atoms with Crippen LogP contribution >= 0.6 is 12.2 Å². The molecule has 0 bridgehead atoms. The smallest absolute Gasteiger partial charge is 0.199 e. The maximum Gasteiger partial charge on any atom is 0.199 e. The Balaban J connectivity index is 1.72. The molecule has 1 saturated carbocycles. The van der Waals surface area contributed by atoms with Crippen molar-refractivity contribution in [1.29, 1.82) is 0 Å². The highest BCUT2D eigenvalue weighted by Crippen LogP contribution is 2.25. The SMILES string of the molecule is S=c1nc(NCC2CCCCC2)c2c([nH]1)CNCC2. The predicted octanol–water partition coefficient (Wildman–Crippen LogP) is 2.78. The normalized spacial score (nSPS) is 20.0. The van der Waals surface area contributed by atoms with Crippen LogP contribution < -0.4 is 10.6 Å². The van der Waals surface area contributed by atoms with Gasteiger partial charge >= 0.3 is 0 Å². The third-order valence-corrected chi connectivity index (χ3v) is 4.45. The zero-order valence-corrected chi connectivity index (χ0v) is 12.1. The summed E-state index contributed by atoms with van der Waals surface area (Å²) in [5.41, 5.74) is 2.53. The summed E-state index contributed by atoms with van der Waals surface area (Å²) in [7, 11) is 0. The molecule has 0 aromatic carbocycles. The van der Waals surface area contributed by atoms with Crippen LogP contribution in [0.25, 0.3) is 0 Å². The Morgan fingerprint density at radius 2 is 2.11 bits per heavy atom. The molecule has 2 heterocycles. The van der Waals surface area contributed by atoms with E-state index in [0.717, 1.165) is 37.8 Å². The van der Waals surface area contributed by atoms with Gasteiger partial charge in [0.15, 0.2) is 4.77 Å². The number of aromatic nitrogens is 2. The summed E-state index contributed by atoms with van der Waals surface area (Å²) >= 11 is 5.22. The lowest BCUT2D eigenvalue weighted by atomic mass is 9.89. The van der Waals surface area contributed by atoms with Crippen LogP contribution in [0.4, 0.5) is 5.82 Å². The summed E-state index contributed by atoms with van der Waals surface area (Å²) in [5, 5.41) is 6.93. The lowest BCUT2D eigenvalue weighted by Gasteiger charge is -2.24. The minimum absolute atomic E-state index is 0.591. The van der Waals surface area contributed by atoms with Gasteiger partial charge in [-0.3, -0.25) is 0 Å². The van der Waals surface area contributed by atoms with Crippen LogP contribution in [0.5, 0.6) is 0 Å². The number of H-pyrrole nitrogens is 1. The summed E-state index contributed by atoms with van der Waals surface area (Å²) in [6, 6.07) is 0. The molecule has 1 aliphatic carbocycles. The molecular formula is C14H22N4S. The number of nitrogens with zero attached hydrogens (tertiary/aromatic N) is 1. The number of rotatable bonds is 3. The van der Waals surface area contributed by atoms with E-state index in [1.807, 2.05) is 0 Å². The molecule has 4 nitrogen and oxygen atoms in total. The lowest BCUT2D eigenvalue weighted by molar-refractivity contribution is 0.373. The van der Waals surface area contributed by atoms with Crippen molar-refractivity contribution >= 4 is 18.0 Å². The highest BCUT2D eigenvalue weighted by Gasteiger charge is 2.17. The number of anilines is 1. The molecule has 1 fully saturated rings. The Kier molecular flexibility index (Phi) is 4.13. The summed E-state index contributed by atoms with van der Waals surface area (Å²) < 4.78 is 0.591. The number of hydrogen-bond acceptors (Lipinski definition) is 4. The second-order valence-corrected chi connectivity index (χ2v) is 6.05. The molecule has 1 aromatic rings. The molecule has 3 N–H and O–H groups in total. The first-order chi connectivity index (χ1) is 9.33. The van der Waals surface area contributed by atoms with Crippen molar-refractivity contribution in [2.24, 2.45) is 5.92 Å². The third-order valence-electron chi connectivity index (χ3n) is 4.26. The standard InChI is InChI=1S/C14H22N4S/c19-14-17-12-9-15-7-6-11(12)13(18-14)16-8-10-4-2-1-3-5-10/h10,15H,1-9H2,(H2,16,17,18,19). The first-order valence-electron chi connectivity index (χ1n) is 7.39. The van der Waals surface area contributed by atoms with Gasteiger partial charge in [0.05, 0.1) is 0 Å². The number of fused-ring (bicyclic) bond motifs is 1. The first-order valence-corrected chi connectivity index (χ1v) is 7.80. The highest BCUT2D eigenvalue weighted by molar-refractivity contribution is 7.71. The van der Waals surface area contributed by atoms with Crippen LogP contribution in [0.15, 0.2) is 0 Å². The van der Waals surface area contributed by atoms with Gasteiger partial charge in [-0.2, -0.15) is 0 Å². The molecule has 3 rings (SSSR count). The minimum Gasteiger partial charge on any atom is -0.369 e. The van der Waals surface area contributed by atoms with E-state index >= 15 is 0 Å². The maximum absolute atomic E-state index is 5.22. The van der Waals surface area contributed by atoms with Gasteiger partial charge in [0, 0.05) is 24.3 Å². The Morgan fingerprint density at radius 1 is 1.26 bits per heavy atom. The van der Waals surface area contributed by atoms with Crippen LogP contribution in [0, 0.1) is 10.7 Å². The lowest BCUT2D eigenvalue weighted by Crippen LogP contribution is -2.27. The molecule has 0 saturated heterocycles. The molecule has 1 aliphatic heterocycles. The van der Waals surface area contributed by atoms with Gasteiger partial charge in [-0.05, 0) is 43.9 Å². The topological polar surface area (TPSA) is 52.7 Å². The Hall–Kier alpha value is -0.940. The number of hydrogen-bond donors (Lipinski definition) is 3. The Bertz CT molecular complexity index is 491. The summed E-state index contributed by atoms with van der Waals surface area (Å²) in [6.07, 6.45) is 7.92. The molecule has 19 heavy (non-hydrogen) atoms. The van der Waals surface area contributed by atoms with Gasteiger partial charge in [0.1, 0.15) is 5.82 Å². The van der Waals surface area contributed by atoms with E-state index in [0.29, 0.717) is 4.77 Å². The fourth-order valence-corrected chi connectivity index (χ4v) is 3.38. The largest absolute Gasteiger partial charge is 0.369 e. The van der Waals surface area contributed by atoms with Crippen LogP contribution in [0.1, 0.15) is 43.4 Å².